The molecule has 0 spiro atoms. The van der Waals surface area contributed by atoms with Crippen LogP contribution in [0.5, 0.6) is 0 Å². The number of imidazole rings is 1. The van der Waals surface area contributed by atoms with Crippen molar-refractivity contribution in [1.82, 2.24) is 13.9 Å². The number of hydrogen-bond acceptors (Lipinski definition) is 4. The normalized spacial score (nSPS) is 12.0. The smallest absolute Gasteiger partial charge is 0.243 e. The van der Waals surface area contributed by atoms with E-state index in [2.05, 4.69) is 4.98 Å². The van der Waals surface area contributed by atoms with Crippen molar-refractivity contribution < 1.29 is 8.42 Å². The Hall–Kier alpha value is -1.70. The Morgan fingerprint density at radius 3 is 2.62 bits per heavy atom. The summed E-state index contributed by atoms with van der Waals surface area (Å²) in [5.41, 5.74) is 7.19. The van der Waals surface area contributed by atoms with Crippen LogP contribution in [0.4, 0.5) is 0 Å². The van der Waals surface area contributed by atoms with E-state index in [1.807, 2.05) is 13.1 Å². The highest BCUT2D eigenvalue weighted by atomic mass is 32.2. The van der Waals surface area contributed by atoms with Crippen LogP contribution in [-0.4, -0.2) is 29.3 Å². The van der Waals surface area contributed by atoms with Crippen LogP contribution in [0.3, 0.4) is 0 Å². The lowest BCUT2D eigenvalue weighted by Crippen LogP contribution is -2.28. The van der Waals surface area contributed by atoms with Gasteiger partial charge in [0.1, 0.15) is 5.82 Å². The second-order valence-corrected chi connectivity index (χ2v) is 7.03. The van der Waals surface area contributed by atoms with E-state index in [0.29, 0.717) is 22.8 Å². The van der Waals surface area contributed by atoms with Crippen LogP contribution in [0, 0.1) is 6.92 Å². The first-order valence-electron chi connectivity index (χ1n) is 6.58. The summed E-state index contributed by atoms with van der Waals surface area (Å²) in [7, 11) is -0.155. The van der Waals surface area contributed by atoms with E-state index in [1.165, 1.54) is 4.31 Å². The third kappa shape index (κ3) is 3.15. The molecule has 0 unspecified atom stereocenters. The third-order valence-electron chi connectivity index (χ3n) is 3.45. The molecular weight excluding hydrogens is 288 g/mol. The number of aromatic nitrogens is 2. The molecule has 114 valence electrons. The lowest BCUT2D eigenvalue weighted by Gasteiger charge is -2.18. The summed E-state index contributed by atoms with van der Waals surface area (Å²) >= 11 is 0. The summed E-state index contributed by atoms with van der Waals surface area (Å²) in [5.74, 6) is 0.692. The minimum atomic E-state index is -3.55. The molecule has 0 saturated heterocycles. The number of hydrogen-bond donors (Lipinski definition) is 1. The standard InChI is InChI=1S/C14H20N4O2S/c1-11-8-12(9-15)4-5-13(11)21(19,20)18(3)10-14-16-6-7-17(14)2/h4-8H,9-10,15H2,1-3H3. The minimum absolute atomic E-state index is 0.226. The maximum atomic E-state index is 12.6. The lowest BCUT2D eigenvalue weighted by molar-refractivity contribution is 0.451. The monoisotopic (exact) mass is 308 g/mol. The Balaban J connectivity index is 2.31. The number of sulfonamides is 1. The highest BCUT2D eigenvalue weighted by Crippen LogP contribution is 2.21. The SMILES string of the molecule is Cc1cc(CN)ccc1S(=O)(=O)N(C)Cc1nccn1C. The van der Waals surface area contributed by atoms with E-state index in [1.54, 1.807) is 43.1 Å². The number of nitrogens with zero attached hydrogens (tertiary/aromatic N) is 3. The molecule has 1 aromatic carbocycles. The predicted molar refractivity (Wildman–Crippen MR) is 80.9 cm³/mol. The Kier molecular flexibility index (Phi) is 4.46. The van der Waals surface area contributed by atoms with Crippen LogP contribution < -0.4 is 5.73 Å². The number of rotatable bonds is 5. The molecule has 0 amide bonds. The van der Waals surface area contributed by atoms with E-state index >= 15 is 0 Å². The molecule has 2 N–H and O–H groups in total. The zero-order valence-electron chi connectivity index (χ0n) is 12.4. The van der Waals surface area contributed by atoms with Crippen molar-refractivity contribution in [1.29, 1.82) is 0 Å². The summed E-state index contributed by atoms with van der Waals surface area (Å²) in [5, 5.41) is 0. The minimum Gasteiger partial charge on any atom is -0.337 e. The molecule has 0 aliphatic carbocycles. The van der Waals surface area contributed by atoms with Gasteiger partial charge in [-0.2, -0.15) is 4.31 Å². The Labute approximate surface area is 125 Å². The second kappa shape index (κ2) is 5.97. The quantitative estimate of drug-likeness (QED) is 0.894. The van der Waals surface area contributed by atoms with E-state index < -0.39 is 10.0 Å². The molecule has 0 saturated carbocycles. The van der Waals surface area contributed by atoms with Gasteiger partial charge < -0.3 is 10.3 Å². The first-order valence-corrected chi connectivity index (χ1v) is 8.02. The summed E-state index contributed by atoms with van der Waals surface area (Å²) < 4.78 is 28.4. The van der Waals surface area contributed by atoms with Crippen LogP contribution in [0.15, 0.2) is 35.5 Å². The molecule has 1 aromatic heterocycles. The van der Waals surface area contributed by atoms with Gasteiger partial charge in [-0.25, -0.2) is 13.4 Å². The van der Waals surface area contributed by atoms with Gasteiger partial charge >= 0.3 is 0 Å². The summed E-state index contributed by atoms with van der Waals surface area (Å²) in [6, 6.07) is 5.16. The van der Waals surface area contributed by atoms with Crippen LogP contribution in [0.2, 0.25) is 0 Å². The Morgan fingerprint density at radius 2 is 2.10 bits per heavy atom. The van der Waals surface area contributed by atoms with Gasteiger partial charge in [0.15, 0.2) is 0 Å². The predicted octanol–water partition coefficient (Wildman–Crippen LogP) is 1.01. The topological polar surface area (TPSA) is 81.2 Å². The van der Waals surface area contributed by atoms with Gasteiger partial charge in [-0.1, -0.05) is 12.1 Å². The summed E-state index contributed by atoms with van der Waals surface area (Å²) in [4.78, 5) is 4.46. The molecular formula is C14H20N4O2S. The second-order valence-electron chi connectivity index (χ2n) is 5.02. The molecule has 2 aromatic rings. The molecule has 0 radical (unpaired) electrons. The third-order valence-corrected chi connectivity index (χ3v) is 5.41. The Bertz CT molecular complexity index is 737. The fraction of sp³-hybridized carbons (Fsp3) is 0.357. The zero-order chi connectivity index (χ0) is 15.6. The average Bonchev–Trinajstić information content (AvgIpc) is 2.83. The van der Waals surface area contributed by atoms with Gasteiger partial charge in [0.25, 0.3) is 0 Å². The van der Waals surface area contributed by atoms with E-state index in [-0.39, 0.29) is 6.54 Å². The van der Waals surface area contributed by atoms with Crippen molar-refractivity contribution >= 4 is 10.0 Å². The molecule has 2 rings (SSSR count). The van der Waals surface area contributed by atoms with Crippen molar-refractivity contribution in [2.45, 2.75) is 24.9 Å². The lowest BCUT2D eigenvalue weighted by atomic mass is 10.1. The first-order chi connectivity index (χ1) is 9.86. The van der Waals surface area contributed by atoms with Crippen molar-refractivity contribution in [3.63, 3.8) is 0 Å². The summed E-state index contributed by atoms with van der Waals surface area (Å²) in [6.45, 7) is 2.40. The fourth-order valence-corrected chi connectivity index (χ4v) is 3.46. The maximum absolute atomic E-state index is 12.6. The van der Waals surface area contributed by atoms with E-state index in [4.69, 9.17) is 5.73 Å². The van der Waals surface area contributed by atoms with E-state index in [0.717, 1.165) is 5.56 Å². The van der Waals surface area contributed by atoms with Crippen molar-refractivity contribution in [2.24, 2.45) is 12.8 Å². The number of aryl methyl sites for hydroxylation is 2. The van der Waals surface area contributed by atoms with Gasteiger partial charge in [-0.15, -0.1) is 0 Å². The van der Waals surface area contributed by atoms with Crippen LogP contribution in [0.25, 0.3) is 0 Å². The van der Waals surface area contributed by atoms with Crippen molar-refractivity contribution in [2.75, 3.05) is 7.05 Å². The molecule has 0 bridgehead atoms. The van der Waals surface area contributed by atoms with Crippen molar-refractivity contribution in [3.8, 4) is 0 Å². The molecule has 0 aliphatic rings. The van der Waals surface area contributed by atoms with E-state index in [9.17, 15) is 8.42 Å². The molecule has 21 heavy (non-hydrogen) atoms. The first kappa shape index (κ1) is 15.7. The van der Waals surface area contributed by atoms with Gasteiger partial charge in [0.2, 0.25) is 10.0 Å². The number of benzene rings is 1. The molecule has 7 heteroatoms. The van der Waals surface area contributed by atoms with Gasteiger partial charge in [0.05, 0.1) is 11.4 Å². The molecule has 0 aliphatic heterocycles. The Morgan fingerprint density at radius 1 is 1.38 bits per heavy atom. The van der Waals surface area contributed by atoms with Crippen LogP contribution in [0.1, 0.15) is 17.0 Å². The van der Waals surface area contributed by atoms with Gasteiger partial charge in [-0.05, 0) is 24.1 Å². The molecule has 0 atom stereocenters. The highest BCUT2D eigenvalue weighted by molar-refractivity contribution is 7.89. The zero-order valence-corrected chi connectivity index (χ0v) is 13.3. The van der Waals surface area contributed by atoms with Crippen molar-refractivity contribution in [3.05, 3.63) is 47.5 Å². The fourth-order valence-electron chi connectivity index (χ4n) is 2.13. The van der Waals surface area contributed by atoms with Crippen LogP contribution in [-0.2, 0) is 30.2 Å². The maximum Gasteiger partial charge on any atom is 0.243 e. The van der Waals surface area contributed by atoms with Crippen LogP contribution >= 0.6 is 0 Å². The molecule has 0 fully saturated rings. The summed E-state index contributed by atoms with van der Waals surface area (Å²) in [6.07, 6.45) is 3.44. The largest absolute Gasteiger partial charge is 0.337 e. The average molecular weight is 308 g/mol. The van der Waals surface area contributed by atoms with Gasteiger partial charge in [-0.3, -0.25) is 0 Å². The number of nitrogens with two attached hydrogens (primary N) is 1. The molecule has 1 heterocycles. The van der Waals surface area contributed by atoms with Gasteiger partial charge in [0, 0.05) is 33.0 Å². The highest BCUT2D eigenvalue weighted by Gasteiger charge is 2.23. The molecule has 6 nitrogen and oxygen atoms in total.